The number of benzene rings is 2. The van der Waals surface area contributed by atoms with Gasteiger partial charge in [-0.2, -0.15) is 0 Å². The molecule has 1 N–H and O–H groups in total. The normalized spacial score (nSPS) is 26.6. The van der Waals surface area contributed by atoms with Gasteiger partial charge in [0.15, 0.2) is 23.1 Å². The third-order valence-corrected chi connectivity index (χ3v) is 9.29. The smallest absolute Gasteiger partial charge is 0.238 e. The predicted molar refractivity (Wildman–Crippen MR) is 151 cm³/mol. The molecule has 1 fully saturated rings. The van der Waals surface area contributed by atoms with Crippen LogP contribution in [0.15, 0.2) is 75.8 Å². The van der Waals surface area contributed by atoms with Crippen LogP contribution in [0.2, 0.25) is 0 Å². The van der Waals surface area contributed by atoms with E-state index in [0.717, 1.165) is 9.14 Å². The molecule has 0 saturated carbocycles. The fourth-order valence-electron chi connectivity index (χ4n) is 6.34. The second-order valence-corrected chi connectivity index (χ2v) is 11.9. The van der Waals surface area contributed by atoms with E-state index in [1.165, 1.54) is 18.1 Å². The van der Waals surface area contributed by atoms with E-state index in [1.807, 2.05) is 18.2 Å². The summed E-state index contributed by atoms with van der Waals surface area (Å²) < 4.78 is 6.46. The number of hydrogen-bond donors (Lipinski definition) is 1. The molecule has 192 valence electrons. The molecule has 0 bridgehead atoms. The van der Waals surface area contributed by atoms with Crippen molar-refractivity contribution in [2.75, 3.05) is 12.0 Å². The summed E-state index contributed by atoms with van der Waals surface area (Å²) in [5.41, 5.74) is 2.32. The first-order valence-electron chi connectivity index (χ1n) is 12.1. The number of fused-ring (bicyclic) bond motifs is 3. The number of nitrogens with zero attached hydrogens (tertiary/aromatic N) is 1. The lowest BCUT2D eigenvalue weighted by Gasteiger charge is -2.42. The number of Topliss-reactive ketones (excluding diaryl/α,β-unsaturated/α-hetero) is 1. The van der Waals surface area contributed by atoms with Gasteiger partial charge >= 0.3 is 0 Å². The van der Waals surface area contributed by atoms with Crippen LogP contribution in [0.3, 0.4) is 0 Å². The zero-order valence-corrected chi connectivity index (χ0v) is 23.9. The maximum absolute atomic E-state index is 13.9. The molecule has 1 saturated heterocycles. The summed E-state index contributed by atoms with van der Waals surface area (Å²) in [7, 11) is 1.44. The molecular formula is C29H21BrINO6. The van der Waals surface area contributed by atoms with Crippen LogP contribution >= 0.6 is 38.5 Å². The molecule has 1 aliphatic heterocycles. The molecule has 2 aromatic carbocycles. The van der Waals surface area contributed by atoms with Crippen LogP contribution in [0.1, 0.15) is 24.3 Å². The van der Waals surface area contributed by atoms with Crippen LogP contribution in [-0.4, -0.2) is 35.6 Å². The van der Waals surface area contributed by atoms with Crippen LogP contribution in [-0.2, 0) is 19.2 Å². The van der Waals surface area contributed by atoms with Crippen molar-refractivity contribution >= 4 is 67.6 Å². The predicted octanol–water partition coefficient (Wildman–Crippen LogP) is 4.97. The van der Waals surface area contributed by atoms with E-state index < -0.39 is 23.7 Å². The molecule has 0 spiro atoms. The molecule has 3 aliphatic carbocycles. The molecule has 0 aromatic heterocycles. The van der Waals surface area contributed by atoms with Gasteiger partial charge in [-0.25, -0.2) is 0 Å². The Hall–Kier alpha value is -3.05. The SMILES string of the molecule is COc1cccc([C@H]2C3=CC[C@@H]4C(=O)N(c5ccc(I)cc5)C(=O)[C@@H]4[C@@H]3CC3=C2C(=O)C=C(Br)C3=O)c1O. The number of anilines is 1. The Balaban J connectivity index is 1.51. The minimum Gasteiger partial charge on any atom is -0.504 e. The number of allylic oxidation sites excluding steroid dienone is 6. The van der Waals surface area contributed by atoms with Crippen LogP contribution in [0.4, 0.5) is 5.69 Å². The maximum Gasteiger partial charge on any atom is 0.238 e. The number of methoxy groups -OCH3 is 1. The van der Waals surface area contributed by atoms with E-state index in [2.05, 4.69) is 38.5 Å². The van der Waals surface area contributed by atoms with Gasteiger partial charge in [0.05, 0.1) is 29.1 Å². The summed E-state index contributed by atoms with van der Waals surface area (Å²) in [6.07, 6.45) is 3.68. The molecule has 0 radical (unpaired) electrons. The highest BCUT2D eigenvalue weighted by atomic mass is 127. The van der Waals surface area contributed by atoms with Crippen LogP contribution in [0.25, 0.3) is 0 Å². The minimum atomic E-state index is -0.747. The van der Waals surface area contributed by atoms with Gasteiger partial charge in [0, 0.05) is 32.3 Å². The lowest BCUT2D eigenvalue weighted by atomic mass is 9.59. The number of hydrogen-bond acceptors (Lipinski definition) is 6. The Morgan fingerprint density at radius 1 is 1.03 bits per heavy atom. The number of aromatic hydroxyl groups is 1. The zero-order valence-electron chi connectivity index (χ0n) is 20.1. The monoisotopic (exact) mass is 685 g/mol. The molecule has 2 amide bonds. The van der Waals surface area contributed by atoms with E-state index in [4.69, 9.17) is 4.74 Å². The highest BCUT2D eigenvalue weighted by Gasteiger charge is 2.57. The third-order valence-electron chi connectivity index (χ3n) is 7.98. The first kappa shape index (κ1) is 25.2. The molecule has 6 rings (SSSR count). The average Bonchev–Trinajstić information content (AvgIpc) is 3.16. The molecule has 1 heterocycles. The van der Waals surface area contributed by atoms with Gasteiger partial charge < -0.3 is 9.84 Å². The minimum absolute atomic E-state index is 0.126. The standard InChI is InChI=1S/C29H21BrINO6/c1-38-22-4-2-3-16(27(22)35)23-15-9-10-17-24(18(15)11-19-25(23)21(33)12-20(30)26(19)34)29(37)32(28(17)36)14-7-5-13(31)6-8-14/h2-9,12,17-18,23-24,35H,10-11H2,1H3/t17-,18+,23+,24-/m0/s1. The van der Waals surface area contributed by atoms with Crippen molar-refractivity contribution in [2.45, 2.75) is 18.8 Å². The fourth-order valence-corrected chi connectivity index (χ4v) is 7.15. The Morgan fingerprint density at radius 3 is 2.47 bits per heavy atom. The largest absolute Gasteiger partial charge is 0.504 e. The highest BCUT2D eigenvalue weighted by molar-refractivity contribution is 14.1. The second kappa shape index (κ2) is 9.30. The molecular weight excluding hydrogens is 665 g/mol. The number of halogens is 2. The maximum atomic E-state index is 13.9. The Kier molecular flexibility index (Phi) is 6.18. The number of imide groups is 1. The van der Waals surface area contributed by atoms with Crippen molar-refractivity contribution in [2.24, 2.45) is 17.8 Å². The number of ketones is 2. The average molecular weight is 686 g/mol. The molecule has 38 heavy (non-hydrogen) atoms. The number of carbonyl (C=O) groups excluding carboxylic acids is 4. The number of phenols is 1. The van der Waals surface area contributed by atoms with E-state index in [9.17, 15) is 24.3 Å². The van der Waals surface area contributed by atoms with E-state index in [1.54, 1.807) is 30.3 Å². The lowest BCUT2D eigenvalue weighted by Crippen LogP contribution is -2.39. The fraction of sp³-hybridized carbons (Fsp3) is 0.241. The Labute approximate surface area is 240 Å². The number of phenolic OH excluding ortho intramolecular Hbond substituents is 1. The third kappa shape index (κ3) is 3.65. The number of amides is 2. The molecule has 2 aromatic rings. The number of ether oxygens (including phenoxy) is 1. The van der Waals surface area contributed by atoms with E-state index in [-0.39, 0.29) is 45.8 Å². The van der Waals surface area contributed by atoms with Crippen LogP contribution < -0.4 is 9.64 Å². The summed E-state index contributed by atoms with van der Waals surface area (Å²) in [5.74, 6) is -3.57. The van der Waals surface area contributed by atoms with Crippen molar-refractivity contribution in [1.82, 2.24) is 0 Å². The van der Waals surface area contributed by atoms with Crippen molar-refractivity contribution in [3.8, 4) is 11.5 Å². The summed E-state index contributed by atoms with van der Waals surface area (Å²) in [6.45, 7) is 0. The van der Waals surface area contributed by atoms with Gasteiger partial charge in [-0.1, -0.05) is 23.8 Å². The van der Waals surface area contributed by atoms with Gasteiger partial charge in [0.2, 0.25) is 11.8 Å². The molecule has 9 heteroatoms. The second-order valence-electron chi connectivity index (χ2n) is 9.78. The summed E-state index contributed by atoms with van der Waals surface area (Å²) in [4.78, 5) is 55.3. The molecule has 0 unspecified atom stereocenters. The quantitative estimate of drug-likeness (QED) is 0.212. The highest BCUT2D eigenvalue weighted by Crippen LogP contribution is 2.57. The van der Waals surface area contributed by atoms with E-state index in [0.29, 0.717) is 28.8 Å². The number of carbonyl (C=O) groups is 4. The van der Waals surface area contributed by atoms with Crippen molar-refractivity contribution in [3.63, 3.8) is 0 Å². The topological polar surface area (TPSA) is 101 Å². The summed E-state index contributed by atoms with van der Waals surface area (Å²) in [5, 5.41) is 11.1. The molecule has 4 aliphatic rings. The van der Waals surface area contributed by atoms with E-state index >= 15 is 0 Å². The first-order chi connectivity index (χ1) is 18.2. The number of para-hydroxylation sites is 1. The molecule has 4 atom stereocenters. The summed E-state index contributed by atoms with van der Waals surface area (Å²) >= 11 is 5.39. The van der Waals surface area contributed by atoms with Gasteiger partial charge in [0.25, 0.3) is 0 Å². The summed E-state index contributed by atoms with van der Waals surface area (Å²) in [6, 6.07) is 12.2. The van der Waals surface area contributed by atoms with Crippen molar-refractivity contribution in [1.29, 1.82) is 0 Å². The van der Waals surface area contributed by atoms with Gasteiger partial charge in [-0.3, -0.25) is 24.1 Å². The van der Waals surface area contributed by atoms with Gasteiger partial charge in [0.1, 0.15) is 0 Å². The Morgan fingerprint density at radius 2 is 1.76 bits per heavy atom. The molecule has 7 nitrogen and oxygen atoms in total. The first-order valence-corrected chi connectivity index (χ1v) is 14.0. The van der Waals surface area contributed by atoms with Crippen LogP contribution in [0.5, 0.6) is 11.5 Å². The lowest BCUT2D eigenvalue weighted by molar-refractivity contribution is -0.123. The zero-order chi connectivity index (χ0) is 26.9. The number of rotatable bonds is 3. The Bertz CT molecular complexity index is 1540. The van der Waals surface area contributed by atoms with Crippen LogP contribution in [0, 0.1) is 21.3 Å². The van der Waals surface area contributed by atoms with Gasteiger partial charge in [-0.15, -0.1) is 0 Å². The van der Waals surface area contributed by atoms with Crippen molar-refractivity contribution in [3.05, 3.63) is 85.0 Å². The van der Waals surface area contributed by atoms with Gasteiger partial charge in [-0.05, 0) is 87.6 Å². The van der Waals surface area contributed by atoms with Crippen molar-refractivity contribution < 1.29 is 29.0 Å².